The number of aryl methyl sites for hydroxylation is 1. The Bertz CT molecular complexity index is 3070. The van der Waals surface area contributed by atoms with Crippen molar-refractivity contribution in [3.63, 3.8) is 0 Å². The molecule has 0 aliphatic carbocycles. The molecular formula is C56H56N8O9. The molecule has 374 valence electrons. The number of aliphatic hydroxyl groups is 2. The van der Waals surface area contributed by atoms with Gasteiger partial charge >= 0.3 is 12.2 Å². The smallest absolute Gasteiger partial charge is 0.415 e. The molecule has 73 heavy (non-hydrogen) atoms. The lowest BCUT2D eigenvalue weighted by Gasteiger charge is -2.28. The van der Waals surface area contributed by atoms with Crippen LogP contribution in [0.4, 0.5) is 32.3 Å². The number of carbonyl (C=O) groups is 2. The van der Waals surface area contributed by atoms with E-state index in [9.17, 15) is 25.0 Å². The van der Waals surface area contributed by atoms with Crippen LogP contribution >= 0.6 is 0 Å². The first-order chi connectivity index (χ1) is 34.7. The number of nitriles is 2. The lowest BCUT2D eigenvalue weighted by Crippen LogP contribution is -2.38. The zero-order chi connectivity index (χ0) is 53.5. The Hall–Kier alpha value is -9.00. The summed E-state index contributed by atoms with van der Waals surface area (Å²) >= 11 is 0. The van der Waals surface area contributed by atoms with Gasteiger partial charge in [-0.05, 0) is 114 Å². The maximum Gasteiger partial charge on any atom is 0.415 e. The number of hydrogen-bond donors (Lipinski definition) is 2. The molecule has 0 unspecified atom stereocenters. The summed E-state index contributed by atoms with van der Waals surface area (Å²) in [7, 11) is 0. The van der Waals surface area contributed by atoms with Crippen LogP contribution in [0, 0.1) is 54.9 Å². The molecule has 0 radical (unpaired) electrons. The third kappa shape index (κ3) is 15.2. The first-order valence-corrected chi connectivity index (χ1v) is 22.8. The van der Waals surface area contributed by atoms with Crippen LogP contribution in [0.2, 0.25) is 0 Å². The summed E-state index contributed by atoms with van der Waals surface area (Å²) in [6.07, 6.45) is 1.69. The van der Waals surface area contributed by atoms with Crippen LogP contribution in [0.1, 0.15) is 97.4 Å². The van der Waals surface area contributed by atoms with Gasteiger partial charge in [-0.2, -0.15) is 15.3 Å². The highest BCUT2D eigenvalue weighted by Crippen LogP contribution is 2.32. The molecule has 0 aliphatic rings. The van der Waals surface area contributed by atoms with Crippen LogP contribution in [0.3, 0.4) is 0 Å². The summed E-state index contributed by atoms with van der Waals surface area (Å²) in [5, 5.41) is 51.6. The van der Waals surface area contributed by atoms with Gasteiger partial charge in [0.25, 0.3) is 0 Å². The number of hydrogen-bond acceptors (Lipinski definition) is 12. The maximum absolute atomic E-state index is 13.2. The van der Waals surface area contributed by atoms with Gasteiger partial charge in [-0.15, -0.1) is 0 Å². The molecule has 0 atom stereocenters. The van der Waals surface area contributed by atoms with Crippen molar-refractivity contribution in [3.05, 3.63) is 193 Å². The SMILES string of the molecule is [C-]#[N+]c1ccc(COc2c(C)ncc(CN(C(=O)OC(C)(C)C)c3ccc(C#N)cc3)c2CO)cc1.[C-]#[N+]c1ccc(COc2c(CO)c(CN(C(=O)OC(C)(C)C)c3ccc(C#N)cc3)c[n+]([O-])c2C)cc1. The number of aromatic nitrogens is 2. The topological polar surface area (TPSA) is 214 Å². The molecule has 0 spiro atoms. The van der Waals surface area contributed by atoms with Crippen molar-refractivity contribution in [2.24, 2.45) is 0 Å². The molecule has 0 bridgehead atoms. The van der Waals surface area contributed by atoms with Crippen LogP contribution in [0.5, 0.6) is 11.5 Å². The van der Waals surface area contributed by atoms with Crippen LogP contribution in [0.25, 0.3) is 9.69 Å². The largest absolute Gasteiger partial charge is 0.618 e. The molecule has 6 aromatic rings. The molecule has 2 N–H and O–H groups in total. The van der Waals surface area contributed by atoms with E-state index in [2.05, 4.69) is 20.7 Å². The van der Waals surface area contributed by atoms with Gasteiger partial charge in [0.15, 0.2) is 23.3 Å². The standard InChI is InChI=1S/C28H28N4O5.C28H28N4O4/c1-19-26(36-18-21-6-10-23(30-5)11-7-21)25(17-33)22(16-32(19)35)15-31(27(34)37-28(2,3)4)24-12-8-20(14-29)9-13-24;1-19-26(35-18-21-6-10-23(30-5)11-7-21)25(17-33)22(15-31-19)16-32(27(34)36-28(2,3)4)24-12-8-20(14-29)9-13-24/h6-13,16,33H,15,17-18H2,1-4H3;6-13,15,33H,16-18H2,1-4H3. The van der Waals surface area contributed by atoms with Crippen LogP contribution in [-0.4, -0.2) is 38.6 Å². The predicted octanol–water partition coefficient (Wildman–Crippen LogP) is 10.9. The lowest BCUT2D eigenvalue weighted by molar-refractivity contribution is -0.613. The monoisotopic (exact) mass is 984 g/mol. The molecule has 2 amide bonds. The molecule has 0 fully saturated rings. The normalized spacial score (nSPS) is 10.8. The average molecular weight is 985 g/mol. The van der Waals surface area contributed by atoms with E-state index in [4.69, 9.17) is 42.6 Å². The number of rotatable bonds is 14. The Kier molecular flexibility index (Phi) is 18.6. The highest BCUT2D eigenvalue weighted by molar-refractivity contribution is 5.88. The second-order valence-corrected chi connectivity index (χ2v) is 18.5. The Morgan fingerprint density at radius 1 is 0.658 bits per heavy atom. The summed E-state index contributed by atoms with van der Waals surface area (Å²) in [6.45, 7) is 27.7. The summed E-state index contributed by atoms with van der Waals surface area (Å²) in [5.41, 5.74) is 5.79. The van der Waals surface area contributed by atoms with Gasteiger partial charge < -0.3 is 34.4 Å². The third-order valence-electron chi connectivity index (χ3n) is 10.7. The van der Waals surface area contributed by atoms with E-state index < -0.39 is 30.0 Å². The maximum atomic E-state index is 13.2. The first-order valence-electron chi connectivity index (χ1n) is 22.8. The van der Waals surface area contributed by atoms with Crippen LogP contribution < -0.4 is 24.0 Å². The van der Waals surface area contributed by atoms with E-state index in [0.717, 1.165) is 11.1 Å². The van der Waals surface area contributed by atoms with Crippen molar-refractivity contribution in [2.45, 2.75) is 106 Å². The Labute approximate surface area is 425 Å². The highest BCUT2D eigenvalue weighted by Gasteiger charge is 2.29. The quantitative estimate of drug-likeness (QED) is 0.0592. The zero-order valence-electron chi connectivity index (χ0n) is 42.0. The van der Waals surface area contributed by atoms with Gasteiger partial charge in [0.1, 0.15) is 30.2 Å². The Balaban J connectivity index is 0.000000271. The molecule has 17 heteroatoms. The number of carbonyl (C=O) groups excluding carboxylic acids is 2. The summed E-state index contributed by atoms with van der Waals surface area (Å²) in [5.74, 6) is 0.654. The number of nitrogens with zero attached hydrogens (tertiary/aromatic N) is 8. The van der Waals surface area contributed by atoms with E-state index in [1.807, 2.05) is 18.2 Å². The van der Waals surface area contributed by atoms with Crippen molar-refractivity contribution >= 4 is 34.9 Å². The van der Waals surface area contributed by atoms with E-state index in [-0.39, 0.29) is 44.4 Å². The number of amides is 2. The van der Waals surface area contributed by atoms with E-state index in [1.54, 1.807) is 147 Å². The fourth-order valence-electron chi connectivity index (χ4n) is 7.03. The molecule has 0 saturated heterocycles. The zero-order valence-corrected chi connectivity index (χ0v) is 42.0. The third-order valence-corrected chi connectivity index (χ3v) is 10.7. The second-order valence-electron chi connectivity index (χ2n) is 18.5. The van der Waals surface area contributed by atoms with Crippen molar-refractivity contribution in [1.82, 2.24) is 4.98 Å². The molecule has 4 aromatic carbocycles. The summed E-state index contributed by atoms with van der Waals surface area (Å²) in [6, 6.07) is 31.0. The van der Waals surface area contributed by atoms with Crippen molar-refractivity contribution in [3.8, 4) is 23.6 Å². The highest BCUT2D eigenvalue weighted by atomic mass is 16.6. The second kappa shape index (κ2) is 24.7. The molecule has 17 nitrogen and oxygen atoms in total. The van der Waals surface area contributed by atoms with Gasteiger partial charge in [0.05, 0.1) is 68.4 Å². The van der Waals surface area contributed by atoms with Gasteiger partial charge in [-0.1, -0.05) is 48.5 Å². The fraction of sp³-hybridized carbons (Fsp3) is 0.286. The predicted molar refractivity (Wildman–Crippen MR) is 272 cm³/mol. The van der Waals surface area contributed by atoms with Crippen molar-refractivity contribution in [2.75, 3.05) is 9.80 Å². The number of anilines is 2. The molecule has 2 heterocycles. The minimum absolute atomic E-state index is 0.0695. The van der Waals surface area contributed by atoms with Crippen LogP contribution in [-0.2, 0) is 49.0 Å². The lowest BCUT2D eigenvalue weighted by atomic mass is 10.1. The first kappa shape index (κ1) is 54.9. The van der Waals surface area contributed by atoms with Crippen molar-refractivity contribution < 1.29 is 43.5 Å². The molecule has 0 aliphatic heterocycles. The molecule has 0 saturated carbocycles. The molecular weight excluding hydrogens is 929 g/mol. The summed E-state index contributed by atoms with van der Waals surface area (Å²) < 4.78 is 23.9. The Morgan fingerprint density at radius 3 is 1.44 bits per heavy atom. The summed E-state index contributed by atoms with van der Waals surface area (Å²) in [4.78, 5) is 40.3. The average Bonchev–Trinajstić information content (AvgIpc) is 3.37. The van der Waals surface area contributed by atoms with E-state index in [0.29, 0.717) is 72.3 Å². The number of ether oxygens (including phenoxy) is 4. The minimum atomic E-state index is -0.773. The molecule has 2 aromatic heterocycles. The Morgan fingerprint density at radius 2 is 1.05 bits per heavy atom. The van der Waals surface area contributed by atoms with Crippen molar-refractivity contribution in [1.29, 1.82) is 10.5 Å². The van der Waals surface area contributed by atoms with Gasteiger partial charge in [0, 0.05) is 41.2 Å². The van der Waals surface area contributed by atoms with Gasteiger partial charge in [0.2, 0.25) is 5.69 Å². The van der Waals surface area contributed by atoms with Crippen LogP contribution in [0.15, 0.2) is 109 Å². The number of pyridine rings is 2. The van der Waals surface area contributed by atoms with E-state index in [1.165, 1.54) is 16.0 Å². The molecule has 6 rings (SSSR count). The van der Waals surface area contributed by atoms with Gasteiger partial charge in [-0.3, -0.25) is 14.8 Å². The number of aliphatic hydroxyl groups excluding tert-OH is 2. The van der Waals surface area contributed by atoms with Gasteiger partial charge in [-0.25, -0.2) is 19.3 Å². The number of benzene rings is 4. The minimum Gasteiger partial charge on any atom is -0.618 e. The van der Waals surface area contributed by atoms with E-state index >= 15 is 0 Å². The fourth-order valence-corrected chi connectivity index (χ4v) is 7.03.